The van der Waals surface area contributed by atoms with Crippen molar-refractivity contribution in [2.24, 2.45) is 7.05 Å². The van der Waals surface area contributed by atoms with Crippen LogP contribution in [0.1, 0.15) is 30.0 Å². The van der Waals surface area contributed by atoms with Gasteiger partial charge in [0, 0.05) is 13.5 Å². The van der Waals surface area contributed by atoms with Gasteiger partial charge in [-0.25, -0.2) is 0 Å². The lowest BCUT2D eigenvalue weighted by atomic mass is 10.2. The first-order valence-corrected chi connectivity index (χ1v) is 7.60. The highest BCUT2D eigenvalue weighted by Gasteiger charge is 2.36. The minimum absolute atomic E-state index is 0.0267. The monoisotopic (exact) mass is 316 g/mol. The third kappa shape index (κ3) is 2.86. The lowest BCUT2D eigenvalue weighted by molar-refractivity contribution is -0.134. The number of hydrogen-bond donors (Lipinski definition) is 1. The zero-order chi connectivity index (χ0) is 16.6. The van der Waals surface area contributed by atoms with Crippen molar-refractivity contribution in [3.05, 3.63) is 35.5 Å². The van der Waals surface area contributed by atoms with Gasteiger partial charge < -0.3 is 14.6 Å². The van der Waals surface area contributed by atoms with E-state index in [0.29, 0.717) is 25.1 Å². The topological polar surface area (TPSA) is 80.4 Å². The second-order valence-electron chi connectivity index (χ2n) is 5.81. The number of nitrogens with one attached hydrogen (secondary N) is 1. The molecule has 122 valence electrons. The van der Waals surface area contributed by atoms with Gasteiger partial charge >= 0.3 is 0 Å². The first-order valence-electron chi connectivity index (χ1n) is 7.60. The number of aryl methyl sites for hydroxylation is 2. The molecule has 1 aliphatic heterocycles. The average molecular weight is 316 g/mol. The van der Waals surface area contributed by atoms with Gasteiger partial charge in [-0.3, -0.25) is 14.3 Å². The predicted octanol–water partition coefficient (Wildman–Crippen LogP) is 1.76. The average Bonchev–Trinajstić information content (AvgIpc) is 3.19. The number of nitrogens with zero attached hydrogens (tertiary/aromatic N) is 3. The molecular weight excluding hydrogens is 296 g/mol. The molecule has 2 aromatic rings. The molecule has 0 saturated carbocycles. The fourth-order valence-electron chi connectivity index (χ4n) is 2.94. The lowest BCUT2D eigenvalue weighted by Gasteiger charge is -2.23. The Morgan fingerprint density at radius 1 is 1.48 bits per heavy atom. The number of rotatable bonds is 4. The molecule has 0 aliphatic carbocycles. The van der Waals surface area contributed by atoms with Gasteiger partial charge in [-0.05, 0) is 32.4 Å². The van der Waals surface area contributed by atoms with Crippen LogP contribution in [0.25, 0.3) is 0 Å². The van der Waals surface area contributed by atoms with Crippen LogP contribution < -0.4 is 5.32 Å². The molecule has 3 rings (SSSR count). The zero-order valence-electron chi connectivity index (χ0n) is 13.5. The lowest BCUT2D eigenvalue weighted by Crippen LogP contribution is -2.41. The molecule has 0 unspecified atom stereocenters. The van der Waals surface area contributed by atoms with Crippen LogP contribution in [-0.2, 0) is 23.2 Å². The van der Waals surface area contributed by atoms with Gasteiger partial charge in [-0.1, -0.05) is 0 Å². The van der Waals surface area contributed by atoms with E-state index >= 15 is 0 Å². The Bertz CT molecular complexity index is 733. The Labute approximate surface area is 134 Å². The summed E-state index contributed by atoms with van der Waals surface area (Å²) in [5.41, 5.74) is 2.37. The molecule has 1 saturated heterocycles. The summed E-state index contributed by atoms with van der Waals surface area (Å²) in [6.07, 6.45) is 2.46. The number of carbonyl (C=O) groups excluding carboxylic acids is 2. The van der Waals surface area contributed by atoms with Crippen LogP contribution in [-0.4, -0.2) is 32.5 Å². The molecule has 0 bridgehead atoms. The van der Waals surface area contributed by atoms with Gasteiger partial charge in [-0.15, -0.1) is 0 Å². The summed E-state index contributed by atoms with van der Waals surface area (Å²) < 4.78 is 7.02. The summed E-state index contributed by atoms with van der Waals surface area (Å²) in [4.78, 5) is 26.3. The minimum Gasteiger partial charge on any atom is -0.467 e. The van der Waals surface area contributed by atoms with E-state index in [0.717, 1.165) is 17.1 Å². The Morgan fingerprint density at radius 3 is 2.87 bits per heavy atom. The van der Waals surface area contributed by atoms with Gasteiger partial charge in [0.2, 0.25) is 11.8 Å². The number of furan rings is 1. The van der Waals surface area contributed by atoms with E-state index in [2.05, 4.69) is 10.4 Å². The van der Waals surface area contributed by atoms with Crippen LogP contribution in [0.15, 0.2) is 22.8 Å². The number of anilines is 1. The van der Waals surface area contributed by atoms with Crippen LogP contribution >= 0.6 is 0 Å². The third-order valence-electron chi connectivity index (χ3n) is 4.29. The Balaban J connectivity index is 1.76. The predicted molar refractivity (Wildman–Crippen MR) is 83.6 cm³/mol. The number of hydrogen-bond acceptors (Lipinski definition) is 4. The second-order valence-corrected chi connectivity index (χ2v) is 5.81. The van der Waals surface area contributed by atoms with Crippen molar-refractivity contribution in [2.45, 2.75) is 39.3 Å². The van der Waals surface area contributed by atoms with Crippen LogP contribution in [0.2, 0.25) is 0 Å². The fraction of sp³-hybridized carbons (Fsp3) is 0.438. The summed E-state index contributed by atoms with van der Waals surface area (Å²) in [7, 11) is 1.83. The molecule has 1 fully saturated rings. The first kappa shape index (κ1) is 15.3. The normalized spacial score (nSPS) is 17.8. The van der Waals surface area contributed by atoms with Crippen molar-refractivity contribution >= 4 is 17.5 Å². The number of carbonyl (C=O) groups is 2. The second kappa shape index (κ2) is 5.91. The van der Waals surface area contributed by atoms with Crippen LogP contribution in [0.3, 0.4) is 0 Å². The molecule has 3 heterocycles. The Kier molecular flexibility index (Phi) is 3.94. The molecule has 1 N–H and O–H groups in total. The molecule has 7 heteroatoms. The SMILES string of the molecule is Cc1nn(C)c(C)c1NC(=O)[C@H]1CCC(=O)N1Cc1ccco1. The van der Waals surface area contributed by atoms with Crippen LogP contribution in [0, 0.1) is 13.8 Å². The molecule has 1 aliphatic rings. The smallest absolute Gasteiger partial charge is 0.247 e. The van der Waals surface area contributed by atoms with Gasteiger partial charge in [-0.2, -0.15) is 5.10 Å². The van der Waals surface area contributed by atoms with E-state index in [4.69, 9.17) is 4.42 Å². The standard InChI is InChI=1S/C16H20N4O3/c1-10-15(11(2)19(3)18-10)17-16(22)13-6-7-14(21)20(13)9-12-5-4-8-23-12/h4-5,8,13H,6-7,9H2,1-3H3,(H,17,22)/t13-/m1/s1. The van der Waals surface area contributed by atoms with E-state index in [1.54, 1.807) is 28.0 Å². The van der Waals surface area contributed by atoms with E-state index in [9.17, 15) is 9.59 Å². The highest BCUT2D eigenvalue weighted by atomic mass is 16.3. The summed E-state index contributed by atoms with van der Waals surface area (Å²) >= 11 is 0. The molecule has 2 aromatic heterocycles. The summed E-state index contributed by atoms with van der Waals surface area (Å²) in [6.45, 7) is 4.06. The van der Waals surface area contributed by atoms with E-state index < -0.39 is 6.04 Å². The van der Waals surface area contributed by atoms with Crippen LogP contribution in [0.4, 0.5) is 5.69 Å². The fourth-order valence-corrected chi connectivity index (χ4v) is 2.94. The van der Waals surface area contributed by atoms with Crippen molar-refractivity contribution in [3.63, 3.8) is 0 Å². The maximum atomic E-state index is 12.6. The molecule has 0 aromatic carbocycles. The summed E-state index contributed by atoms with van der Waals surface area (Å²) in [6, 6.07) is 3.09. The van der Waals surface area contributed by atoms with E-state index in [1.807, 2.05) is 20.9 Å². The van der Waals surface area contributed by atoms with Gasteiger partial charge in [0.25, 0.3) is 0 Å². The van der Waals surface area contributed by atoms with Crippen LogP contribution in [0.5, 0.6) is 0 Å². The van der Waals surface area contributed by atoms with Crippen molar-refractivity contribution < 1.29 is 14.0 Å². The molecule has 1 atom stereocenters. The number of likely N-dealkylation sites (tertiary alicyclic amines) is 1. The Hall–Kier alpha value is -2.57. The largest absolute Gasteiger partial charge is 0.467 e. The molecule has 2 amide bonds. The van der Waals surface area contributed by atoms with Crippen molar-refractivity contribution in [3.8, 4) is 0 Å². The molecule has 7 nitrogen and oxygen atoms in total. The molecule has 0 radical (unpaired) electrons. The summed E-state index contributed by atoms with van der Waals surface area (Å²) in [5.74, 6) is 0.467. The third-order valence-corrected chi connectivity index (χ3v) is 4.29. The number of aromatic nitrogens is 2. The van der Waals surface area contributed by atoms with Gasteiger partial charge in [0.15, 0.2) is 0 Å². The molecule has 0 spiro atoms. The zero-order valence-corrected chi connectivity index (χ0v) is 13.5. The van der Waals surface area contributed by atoms with E-state index in [-0.39, 0.29) is 11.8 Å². The van der Waals surface area contributed by atoms with Crippen molar-refractivity contribution in [1.82, 2.24) is 14.7 Å². The maximum absolute atomic E-state index is 12.6. The number of amides is 2. The highest BCUT2D eigenvalue weighted by Crippen LogP contribution is 2.25. The first-order chi connectivity index (χ1) is 11.0. The summed E-state index contributed by atoms with van der Waals surface area (Å²) in [5, 5.41) is 7.22. The molecule has 23 heavy (non-hydrogen) atoms. The maximum Gasteiger partial charge on any atom is 0.247 e. The van der Waals surface area contributed by atoms with Gasteiger partial charge in [0.05, 0.1) is 29.9 Å². The van der Waals surface area contributed by atoms with Crippen molar-refractivity contribution in [1.29, 1.82) is 0 Å². The minimum atomic E-state index is -0.480. The molecular formula is C16H20N4O3. The Morgan fingerprint density at radius 2 is 2.26 bits per heavy atom. The van der Waals surface area contributed by atoms with Crippen molar-refractivity contribution in [2.75, 3.05) is 5.32 Å². The van der Waals surface area contributed by atoms with E-state index in [1.165, 1.54) is 0 Å². The highest BCUT2D eigenvalue weighted by molar-refractivity contribution is 5.99. The van der Waals surface area contributed by atoms with Gasteiger partial charge in [0.1, 0.15) is 11.8 Å². The quantitative estimate of drug-likeness (QED) is 0.932.